The molecule has 0 saturated carbocycles. The van der Waals surface area contributed by atoms with Crippen molar-refractivity contribution in [2.45, 2.75) is 31.0 Å². The average molecular weight is 472 g/mol. The molecule has 0 aromatic heterocycles. The number of amides is 2. The van der Waals surface area contributed by atoms with Crippen LogP contribution in [0.2, 0.25) is 0 Å². The van der Waals surface area contributed by atoms with Crippen LogP contribution in [0.25, 0.3) is 0 Å². The van der Waals surface area contributed by atoms with E-state index in [2.05, 4.69) is 15.4 Å². The van der Waals surface area contributed by atoms with Gasteiger partial charge in [-0.05, 0) is 62.1 Å². The summed E-state index contributed by atoms with van der Waals surface area (Å²) in [4.78, 5) is 12.0. The van der Waals surface area contributed by atoms with Gasteiger partial charge in [0, 0.05) is 25.3 Å². The zero-order valence-electron chi connectivity index (χ0n) is 17.4. The standard InChI is InChI=1S/C21H24F3N3O4S/c1-15-4-6-17(7-5-15)26-20(28)25-13-16-3-2-12-27(14-16)32(29,30)19-10-8-18(9-11-19)31-21(22,23)24/h4-11,16H,2-3,12-14H2,1H3,(H2,25,26,28). The Bertz CT molecular complexity index is 1030. The minimum absolute atomic E-state index is 0.0878. The second-order valence-corrected chi connectivity index (χ2v) is 9.53. The third-order valence-corrected chi connectivity index (χ3v) is 6.92. The van der Waals surface area contributed by atoms with Gasteiger partial charge >= 0.3 is 12.4 Å². The van der Waals surface area contributed by atoms with Crippen LogP contribution in [0.15, 0.2) is 53.4 Å². The molecule has 0 aliphatic carbocycles. The number of nitrogens with one attached hydrogen (secondary N) is 2. The molecule has 7 nitrogen and oxygen atoms in total. The number of urea groups is 1. The van der Waals surface area contributed by atoms with E-state index < -0.39 is 22.1 Å². The highest BCUT2D eigenvalue weighted by Gasteiger charge is 2.32. The van der Waals surface area contributed by atoms with Crippen molar-refractivity contribution in [2.75, 3.05) is 25.0 Å². The number of benzene rings is 2. The number of carbonyl (C=O) groups is 1. The summed E-state index contributed by atoms with van der Waals surface area (Å²) in [6.07, 6.45) is -3.49. The van der Waals surface area contributed by atoms with E-state index in [0.29, 0.717) is 25.2 Å². The number of carbonyl (C=O) groups excluding carboxylic acids is 1. The Hall–Kier alpha value is -2.79. The monoisotopic (exact) mass is 471 g/mol. The number of piperidine rings is 1. The van der Waals surface area contributed by atoms with Crippen LogP contribution >= 0.6 is 0 Å². The van der Waals surface area contributed by atoms with Gasteiger partial charge in [-0.25, -0.2) is 13.2 Å². The Kier molecular flexibility index (Phi) is 7.29. The molecule has 1 aliphatic heterocycles. The van der Waals surface area contributed by atoms with E-state index in [9.17, 15) is 26.4 Å². The predicted molar refractivity (Wildman–Crippen MR) is 113 cm³/mol. The summed E-state index contributed by atoms with van der Waals surface area (Å²) in [6, 6.07) is 11.1. The van der Waals surface area contributed by atoms with Crippen molar-refractivity contribution in [1.82, 2.24) is 9.62 Å². The molecular formula is C21H24F3N3O4S. The van der Waals surface area contributed by atoms with Gasteiger partial charge in [0.25, 0.3) is 0 Å². The molecule has 174 valence electrons. The normalized spacial score (nSPS) is 17.6. The number of halogens is 3. The van der Waals surface area contributed by atoms with Crippen LogP contribution in [0.5, 0.6) is 5.75 Å². The van der Waals surface area contributed by atoms with Crippen molar-refractivity contribution >= 4 is 21.7 Å². The van der Waals surface area contributed by atoms with Crippen LogP contribution in [-0.4, -0.2) is 44.8 Å². The van der Waals surface area contributed by atoms with Crippen LogP contribution in [-0.2, 0) is 10.0 Å². The summed E-state index contributed by atoms with van der Waals surface area (Å²) in [6.45, 7) is 2.74. The summed E-state index contributed by atoms with van der Waals surface area (Å²) >= 11 is 0. The number of aryl methyl sites for hydroxylation is 1. The maximum Gasteiger partial charge on any atom is 0.573 e. The van der Waals surface area contributed by atoms with Crippen LogP contribution in [0.3, 0.4) is 0 Å². The van der Waals surface area contributed by atoms with E-state index in [1.807, 2.05) is 19.1 Å². The number of hydrogen-bond acceptors (Lipinski definition) is 4. The van der Waals surface area contributed by atoms with Crippen molar-refractivity contribution in [3.63, 3.8) is 0 Å². The molecular weight excluding hydrogens is 447 g/mol. The Labute approximate surface area is 184 Å². The molecule has 1 saturated heterocycles. The van der Waals surface area contributed by atoms with Gasteiger partial charge in [0.2, 0.25) is 10.0 Å². The van der Waals surface area contributed by atoms with Gasteiger partial charge in [0.05, 0.1) is 4.90 Å². The topological polar surface area (TPSA) is 87.7 Å². The lowest BCUT2D eigenvalue weighted by Crippen LogP contribution is -2.44. The highest BCUT2D eigenvalue weighted by molar-refractivity contribution is 7.89. The molecule has 3 rings (SSSR count). The van der Waals surface area contributed by atoms with Crippen molar-refractivity contribution < 1.29 is 31.1 Å². The minimum atomic E-state index is -4.85. The number of nitrogens with zero attached hydrogens (tertiary/aromatic N) is 1. The summed E-state index contributed by atoms with van der Waals surface area (Å²) in [5.74, 6) is -0.577. The molecule has 0 spiro atoms. The fourth-order valence-electron chi connectivity index (χ4n) is 3.42. The van der Waals surface area contributed by atoms with Crippen LogP contribution in [0.4, 0.5) is 23.7 Å². The van der Waals surface area contributed by atoms with Gasteiger partial charge in [0.1, 0.15) is 5.75 Å². The predicted octanol–water partition coefficient (Wildman–Crippen LogP) is 4.12. The first-order chi connectivity index (χ1) is 15.0. The molecule has 2 aromatic carbocycles. The molecule has 32 heavy (non-hydrogen) atoms. The number of ether oxygens (including phenoxy) is 1. The molecule has 1 fully saturated rings. The van der Waals surface area contributed by atoms with Gasteiger partial charge in [0.15, 0.2) is 0 Å². The second-order valence-electron chi connectivity index (χ2n) is 7.59. The SMILES string of the molecule is Cc1ccc(NC(=O)NCC2CCCN(S(=O)(=O)c3ccc(OC(F)(F)F)cc3)C2)cc1. The van der Waals surface area contributed by atoms with Crippen LogP contribution < -0.4 is 15.4 Å². The first-order valence-electron chi connectivity index (χ1n) is 10.0. The second kappa shape index (κ2) is 9.78. The number of anilines is 1. The lowest BCUT2D eigenvalue weighted by atomic mass is 10.00. The molecule has 2 aromatic rings. The number of sulfonamides is 1. The Morgan fingerprint density at radius 2 is 1.78 bits per heavy atom. The Morgan fingerprint density at radius 1 is 1.12 bits per heavy atom. The molecule has 0 bridgehead atoms. The van der Waals surface area contributed by atoms with Gasteiger partial charge in [-0.15, -0.1) is 13.2 Å². The summed E-state index contributed by atoms with van der Waals surface area (Å²) < 4.78 is 67.8. The fraction of sp³-hybridized carbons (Fsp3) is 0.381. The van der Waals surface area contributed by atoms with Gasteiger partial charge < -0.3 is 15.4 Å². The van der Waals surface area contributed by atoms with Gasteiger partial charge in [-0.2, -0.15) is 4.31 Å². The fourth-order valence-corrected chi connectivity index (χ4v) is 4.98. The maximum absolute atomic E-state index is 12.9. The maximum atomic E-state index is 12.9. The molecule has 1 atom stereocenters. The quantitative estimate of drug-likeness (QED) is 0.664. The van der Waals surface area contributed by atoms with E-state index >= 15 is 0 Å². The van der Waals surface area contributed by atoms with Crippen LogP contribution in [0.1, 0.15) is 18.4 Å². The summed E-state index contributed by atoms with van der Waals surface area (Å²) in [7, 11) is -3.88. The number of rotatable bonds is 6. The van der Waals surface area contributed by atoms with Crippen molar-refractivity contribution in [3.05, 3.63) is 54.1 Å². The molecule has 2 amide bonds. The van der Waals surface area contributed by atoms with Gasteiger partial charge in [-0.1, -0.05) is 17.7 Å². The van der Waals surface area contributed by atoms with E-state index in [4.69, 9.17) is 0 Å². The zero-order valence-corrected chi connectivity index (χ0v) is 18.2. The third-order valence-electron chi connectivity index (χ3n) is 5.04. The average Bonchev–Trinajstić information content (AvgIpc) is 2.73. The Morgan fingerprint density at radius 3 is 2.41 bits per heavy atom. The van der Waals surface area contributed by atoms with E-state index in [1.165, 1.54) is 4.31 Å². The van der Waals surface area contributed by atoms with Crippen molar-refractivity contribution in [3.8, 4) is 5.75 Å². The highest BCUT2D eigenvalue weighted by atomic mass is 32.2. The largest absolute Gasteiger partial charge is 0.573 e. The smallest absolute Gasteiger partial charge is 0.406 e. The summed E-state index contributed by atoms with van der Waals surface area (Å²) in [5, 5.41) is 5.49. The van der Waals surface area contributed by atoms with E-state index in [-0.39, 0.29) is 23.4 Å². The van der Waals surface area contributed by atoms with E-state index in [0.717, 1.165) is 36.2 Å². The molecule has 1 heterocycles. The van der Waals surface area contributed by atoms with Gasteiger partial charge in [-0.3, -0.25) is 0 Å². The minimum Gasteiger partial charge on any atom is -0.406 e. The first-order valence-corrected chi connectivity index (χ1v) is 11.4. The first kappa shape index (κ1) is 23.9. The molecule has 11 heteroatoms. The van der Waals surface area contributed by atoms with Crippen LogP contribution in [0, 0.1) is 12.8 Å². The third kappa shape index (κ3) is 6.60. The Balaban J connectivity index is 1.56. The van der Waals surface area contributed by atoms with E-state index in [1.54, 1.807) is 12.1 Å². The summed E-state index contributed by atoms with van der Waals surface area (Å²) in [5.41, 5.74) is 1.72. The lowest BCUT2D eigenvalue weighted by Gasteiger charge is -2.32. The highest BCUT2D eigenvalue weighted by Crippen LogP contribution is 2.27. The molecule has 0 radical (unpaired) electrons. The zero-order chi connectivity index (χ0) is 23.4. The number of alkyl halides is 3. The van der Waals surface area contributed by atoms with Crippen molar-refractivity contribution in [1.29, 1.82) is 0 Å². The van der Waals surface area contributed by atoms with Crippen molar-refractivity contribution in [2.24, 2.45) is 5.92 Å². The molecule has 1 unspecified atom stereocenters. The molecule has 2 N–H and O–H groups in total. The lowest BCUT2D eigenvalue weighted by molar-refractivity contribution is -0.274. The number of hydrogen-bond donors (Lipinski definition) is 2. The molecule has 1 aliphatic rings.